The summed E-state index contributed by atoms with van der Waals surface area (Å²) in [6.45, 7) is 0. The number of hydrogen-bond acceptors (Lipinski definition) is 4. The van der Waals surface area contributed by atoms with Crippen molar-refractivity contribution in [2.75, 3.05) is 0 Å². The maximum absolute atomic E-state index is 6.52. The number of hydrogen-bond donors (Lipinski definition) is 0. The third kappa shape index (κ3) is 3.35. The van der Waals surface area contributed by atoms with Crippen LogP contribution in [0.2, 0.25) is 5.02 Å². The Labute approximate surface area is 211 Å². The average molecular weight is 484 g/mol. The smallest absolute Gasteiger partial charge is 0.164 e. The summed E-state index contributed by atoms with van der Waals surface area (Å²) in [5.41, 5.74) is 4.36. The van der Waals surface area contributed by atoms with Crippen LogP contribution >= 0.6 is 11.6 Å². The summed E-state index contributed by atoms with van der Waals surface area (Å²) in [5.74, 6) is 1.80. The first-order chi connectivity index (χ1) is 17.8. The Balaban J connectivity index is 1.55. The molecule has 0 aliphatic rings. The highest BCUT2D eigenvalue weighted by atomic mass is 35.5. The van der Waals surface area contributed by atoms with Crippen LogP contribution in [0.1, 0.15) is 0 Å². The van der Waals surface area contributed by atoms with E-state index in [0.29, 0.717) is 22.5 Å². The van der Waals surface area contributed by atoms with Crippen molar-refractivity contribution in [2.24, 2.45) is 0 Å². The van der Waals surface area contributed by atoms with Crippen molar-refractivity contribution in [3.8, 4) is 34.2 Å². The van der Waals surface area contributed by atoms with Crippen molar-refractivity contribution < 1.29 is 4.42 Å². The largest absolute Gasteiger partial charge is 0.456 e. The van der Waals surface area contributed by atoms with E-state index >= 15 is 0 Å². The zero-order valence-electron chi connectivity index (χ0n) is 19.0. The minimum absolute atomic E-state index is 0.593. The number of nitrogens with zero attached hydrogens (tertiary/aromatic N) is 3. The molecule has 4 nitrogen and oxygen atoms in total. The van der Waals surface area contributed by atoms with E-state index in [-0.39, 0.29) is 0 Å². The molecule has 0 aliphatic heterocycles. The van der Waals surface area contributed by atoms with Gasteiger partial charge in [-0.2, -0.15) is 0 Å². The van der Waals surface area contributed by atoms with Crippen molar-refractivity contribution in [3.63, 3.8) is 0 Å². The highest BCUT2D eigenvalue weighted by Crippen LogP contribution is 2.37. The van der Waals surface area contributed by atoms with Crippen molar-refractivity contribution in [1.82, 2.24) is 15.0 Å². The van der Waals surface area contributed by atoms with Crippen molar-refractivity contribution in [3.05, 3.63) is 114 Å². The second-order valence-electron chi connectivity index (χ2n) is 8.59. The standard InChI is InChI=1S/C31H18ClN3O/c32-25-18-17-22(20-11-4-5-12-21(20)25)30-33-29(19-9-2-1-3-10-19)34-31(35-30)24-14-8-16-27-28(24)23-13-6-7-15-26(23)36-27/h1-18H. The normalized spacial score (nSPS) is 11.5. The van der Waals surface area contributed by atoms with Gasteiger partial charge in [-0.05, 0) is 29.7 Å². The molecule has 2 aromatic heterocycles. The van der Waals surface area contributed by atoms with Crippen LogP contribution in [0.15, 0.2) is 114 Å². The topological polar surface area (TPSA) is 51.8 Å². The highest BCUT2D eigenvalue weighted by Gasteiger charge is 2.18. The summed E-state index contributed by atoms with van der Waals surface area (Å²) in [5, 5.41) is 4.67. The lowest BCUT2D eigenvalue weighted by atomic mass is 10.0. The van der Waals surface area contributed by atoms with Crippen LogP contribution in [0.25, 0.3) is 66.9 Å². The third-order valence-electron chi connectivity index (χ3n) is 6.42. The van der Waals surface area contributed by atoms with E-state index in [9.17, 15) is 0 Å². The molecule has 0 aliphatic carbocycles. The fourth-order valence-electron chi connectivity index (χ4n) is 4.75. The van der Waals surface area contributed by atoms with Gasteiger partial charge in [0, 0.05) is 37.9 Å². The van der Waals surface area contributed by atoms with E-state index in [4.69, 9.17) is 31.0 Å². The van der Waals surface area contributed by atoms with Crippen LogP contribution in [-0.4, -0.2) is 15.0 Å². The molecule has 36 heavy (non-hydrogen) atoms. The predicted octanol–water partition coefficient (Wildman–Crippen LogP) is 8.58. The summed E-state index contributed by atoms with van der Waals surface area (Å²) >= 11 is 6.52. The molecule has 5 aromatic carbocycles. The number of aromatic nitrogens is 3. The first kappa shape index (κ1) is 20.8. The van der Waals surface area contributed by atoms with Gasteiger partial charge in [-0.25, -0.2) is 15.0 Å². The van der Waals surface area contributed by atoms with Gasteiger partial charge in [0.2, 0.25) is 0 Å². The molecule has 7 aromatic rings. The number of para-hydroxylation sites is 1. The molecule has 170 valence electrons. The molecule has 0 spiro atoms. The van der Waals surface area contributed by atoms with E-state index < -0.39 is 0 Å². The number of furan rings is 1. The molecule has 0 bridgehead atoms. The highest BCUT2D eigenvalue weighted by molar-refractivity contribution is 6.36. The Bertz CT molecular complexity index is 1910. The lowest BCUT2D eigenvalue weighted by Crippen LogP contribution is -2.00. The van der Waals surface area contributed by atoms with Crippen LogP contribution in [0.5, 0.6) is 0 Å². The Morgan fingerprint density at radius 2 is 1.11 bits per heavy atom. The van der Waals surface area contributed by atoms with Crippen LogP contribution in [0.3, 0.4) is 0 Å². The molecule has 0 atom stereocenters. The summed E-state index contributed by atoms with van der Waals surface area (Å²) in [6, 6.07) is 35.9. The van der Waals surface area contributed by atoms with E-state index in [1.807, 2.05) is 103 Å². The predicted molar refractivity (Wildman–Crippen MR) is 146 cm³/mol. The molecule has 7 rings (SSSR count). The van der Waals surface area contributed by atoms with Crippen LogP contribution < -0.4 is 0 Å². The fraction of sp³-hybridized carbons (Fsp3) is 0. The monoisotopic (exact) mass is 483 g/mol. The molecule has 2 heterocycles. The van der Waals surface area contributed by atoms with Gasteiger partial charge < -0.3 is 4.42 Å². The van der Waals surface area contributed by atoms with Crippen LogP contribution in [-0.2, 0) is 0 Å². The molecule has 0 amide bonds. The number of rotatable bonds is 3. The van der Waals surface area contributed by atoms with Gasteiger partial charge in [0.15, 0.2) is 17.5 Å². The van der Waals surface area contributed by atoms with Crippen molar-refractivity contribution in [2.45, 2.75) is 0 Å². The van der Waals surface area contributed by atoms with E-state index in [1.54, 1.807) is 0 Å². The van der Waals surface area contributed by atoms with Gasteiger partial charge in [0.25, 0.3) is 0 Å². The minimum Gasteiger partial charge on any atom is -0.456 e. The Morgan fingerprint density at radius 3 is 1.94 bits per heavy atom. The minimum atomic E-state index is 0.593. The van der Waals surface area contributed by atoms with Gasteiger partial charge in [0.1, 0.15) is 11.2 Å². The molecule has 0 unspecified atom stereocenters. The second kappa shape index (κ2) is 8.29. The molecule has 0 saturated heterocycles. The van der Waals surface area contributed by atoms with Crippen molar-refractivity contribution >= 4 is 44.3 Å². The first-order valence-corrected chi connectivity index (χ1v) is 12.0. The quantitative estimate of drug-likeness (QED) is 0.252. The van der Waals surface area contributed by atoms with Gasteiger partial charge in [-0.1, -0.05) is 96.5 Å². The molecule has 0 fully saturated rings. The maximum atomic E-state index is 6.52. The molecule has 5 heteroatoms. The van der Waals surface area contributed by atoms with Gasteiger partial charge >= 0.3 is 0 Å². The van der Waals surface area contributed by atoms with E-state index in [0.717, 1.165) is 49.4 Å². The Morgan fingerprint density at radius 1 is 0.472 bits per heavy atom. The van der Waals surface area contributed by atoms with Crippen LogP contribution in [0, 0.1) is 0 Å². The van der Waals surface area contributed by atoms with Crippen LogP contribution in [0.4, 0.5) is 0 Å². The van der Waals surface area contributed by atoms with E-state index in [1.165, 1.54) is 0 Å². The summed E-state index contributed by atoms with van der Waals surface area (Å²) in [4.78, 5) is 14.9. The van der Waals surface area contributed by atoms with Gasteiger partial charge in [0.05, 0.1) is 0 Å². The maximum Gasteiger partial charge on any atom is 0.164 e. The first-order valence-electron chi connectivity index (χ1n) is 11.7. The average Bonchev–Trinajstić information content (AvgIpc) is 3.33. The molecular weight excluding hydrogens is 466 g/mol. The Hall–Kier alpha value is -4.54. The zero-order chi connectivity index (χ0) is 24.1. The molecular formula is C31H18ClN3O. The number of halogens is 1. The fourth-order valence-corrected chi connectivity index (χ4v) is 4.98. The molecule has 0 saturated carbocycles. The second-order valence-corrected chi connectivity index (χ2v) is 9.00. The summed E-state index contributed by atoms with van der Waals surface area (Å²) in [6.07, 6.45) is 0. The molecule has 0 N–H and O–H groups in total. The summed E-state index contributed by atoms with van der Waals surface area (Å²) < 4.78 is 6.13. The Kier molecular flexibility index (Phi) is 4.79. The molecule has 0 radical (unpaired) electrons. The van der Waals surface area contributed by atoms with Gasteiger partial charge in [-0.3, -0.25) is 0 Å². The van der Waals surface area contributed by atoms with E-state index in [2.05, 4.69) is 6.07 Å². The third-order valence-corrected chi connectivity index (χ3v) is 6.75. The lowest BCUT2D eigenvalue weighted by molar-refractivity contribution is 0.669. The lowest BCUT2D eigenvalue weighted by Gasteiger charge is -2.11. The zero-order valence-corrected chi connectivity index (χ0v) is 19.8. The number of fused-ring (bicyclic) bond motifs is 4. The van der Waals surface area contributed by atoms with Gasteiger partial charge in [-0.15, -0.1) is 0 Å². The summed E-state index contributed by atoms with van der Waals surface area (Å²) in [7, 11) is 0. The SMILES string of the molecule is Clc1ccc(-c2nc(-c3ccccc3)nc(-c3cccc4oc5ccccc5c34)n2)c2ccccc12. The number of benzene rings is 5. The van der Waals surface area contributed by atoms with Crippen molar-refractivity contribution in [1.29, 1.82) is 0 Å².